The van der Waals surface area contributed by atoms with Gasteiger partial charge in [0.1, 0.15) is 11.7 Å². The van der Waals surface area contributed by atoms with E-state index in [2.05, 4.69) is 0 Å². The van der Waals surface area contributed by atoms with Crippen LogP contribution in [-0.2, 0) is 23.7 Å². The third-order valence-electron chi connectivity index (χ3n) is 3.08. The molecule has 0 aliphatic carbocycles. The van der Waals surface area contributed by atoms with Gasteiger partial charge < -0.3 is 18.9 Å². The van der Waals surface area contributed by atoms with Gasteiger partial charge in [-0.3, -0.25) is 4.79 Å². The lowest BCUT2D eigenvalue weighted by Gasteiger charge is -2.28. The van der Waals surface area contributed by atoms with Gasteiger partial charge in [0.15, 0.2) is 12.4 Å². The summed E-state index contributed by atoms with van der Waals surface area (Å²) < 4.78 is 21.7. The fraction of sp³-hybridized carbons (Fsp3) is 0.900. The van der Waals surface area contributed by atoms with E-state index in [-0.39, 0.29) is 18.2 Å². The molecule has 2 aliphatic heterocycles. The van der Waals surface area contributed by atoms with Crippen molar-refractivity contribution in [3.05, 3.63) is 0 Å². The van der Waals surface area contributed by atoms with Gasteiger partial charge in [-0.1, -0.05) is 6.92 Å². The van der Waals surface area contributed by atoms with Crippen LogP contribution in [0.1, 0.15) is 20.3 Å². The van der Waals surface area contributed by atoms with Gasteiger partial charge in [-0.2, -0.15) is 0 Å². The molecular formula is C10H16O5. The summed E-state index contributed by atoms with van der Waals surface area (Å²) in [5, 5.41) is 0. The summed E-state index contributed by atoms with van der Waals surface area (Å²) in [7, 11) is 1.56. The minimum atomic E-state index is -0.517. The van der Waals surface area contributed by atoms with E-state index in [4.69, 9.17) is 18.9 Å². The zero-order chi connectivity index (χ0) is 11.1. The summed E-state index contributed by atoms with van der Waals surface area (Å²) in [6.45, 7) is 3.84. The van der Waals surface area contributed by atoms with Crippen molar-refractivity contribution < 1.29 is 23.7 Å². The van der Waals surface area contributed by atoms with E-state index in [9.17, 15) is 4.79 Å². The van der Waals surface area contributed by atoms with Crippen LogP contribution in [0.15, 0.2) is 0 Å². The summed E-state index contributed by atoms with van der Waals surface area (Å²) in [5.74, 6) is -0.311. The predicted octanol–water partition coefficient (Wildman–Crippen LogP) is 0.468. The maximum Gasteiger partial charge on any atom is 0.303 e. The van der Waals surface area contributed by atoms with E-state index in [1.807, 2.05) is 6.92 Å². The highest BCUT2D eigenvalue weighted by molar-refractivity contribution is 5.66. The molecule has 2 heterocycles. The normalized spacial score (nSPS) is 43.3. The summed E-state index contributed by atoms with van der Waals surface area (Å²) in [6.07, 6.45) is -0.326. The maximum atomic E-state index is 11.0. The van der Waals surface area contributed by atoms with Crippen molar-refractivity contribution >= 4 is 5.97 Å². The lowest BCUT2D eigenvalue weighted by atomic mass is 9.96. The molecule has 2 rings (SSSR count). The van der Waals surface area contributed by atoms with E-state index in [1.165, 1.54) is 6.92 Å². The smallest absolute Gasteiger partial charge is 0.303 e. The second-order valence-corrected chi connectivity index (χ2v) is 3.95. The third-order valence-corrected chi connectivity index (χ3v) is 3.08. The van der Waals surface area contributed by atoms with Crippen molar-refractivity contribution in [3.8, 4) is 0 Å². The second-order valence-electron chi connectivity index (χ2n) is 3.95. The molecular weight excluding hydrogens is 200 g/mol. The van der Waals surface area contributed by atoms with Crippen molar-refractivity contribution in [1.29, 1.82) is 0 Å². The van der Waals surface area contributed by atoms with Crippen LogP contribution in [0.3, 0.4) is 0 Å². The van der Waals surface area contributed by atoms with E-state index in [0.29, 0.717) is 6.61 Å². The van der Waals surface area contributed by atoms with Gasteiger partial charge in [0, 0.05) is 14.0 Å². The first kappa shape index (κ1) is 10.9. The zero-order valence-electron chi connectivity index (χ0n) is 9.19. The van der Waals surface area contributed by atoms with Gasteiger partial charge in [0.25, 0.3) is 0 Å². The molecule has 2 bridgehead atoms. The molecule has 0 N–H and O–H groups in total. The van der Waals surface area contributed by atoms with Crippen molar-refractivity contribution in [1.82, 2.24) is 0 Å². The average molecular weight is 216 g/mol. The minimum absolute atomic E-state index is 0.293. The van der Waals surface area contributed by atoms with Gasteiger partial charge >= 0.3 is 5.97 Å². The zero-order valence-corrected chi connectivity index (χ0v) is 9.19. The highest BCUT2D eigenvalue weighted by Gasteiger charge is 2.62. The van der Waals surface area contributed by atoms with Crippen molar-refractivity contribution in [2.45, 2.75) is 44.4 Å². The Bertz CT molecular complexity index is 267. The van der Waals surface area contributed by atoms with Crippen LogP contribution in [0.25, 0.3) is 0 Å². The lowest BCUT2D eigenvalue weighted by Crippen LogP contribution is -2.42. The molecule has 4 atom stereocenters. The van der Waals surface area contributed by atoms with Gasteiger partial charge in [-0.25, -0.2) is 0 Å². The molecule has 5 nitrogen and oxygen atoms in total. The summed E-state index contributed by atoms with van der Waals surface area (Å²) in [4.78, 5) is 11.0. The van der Waals surface area contributed by atoms with E-state index < -0.39 is 11.9 Å². The second kappa shape index (κ2) is 3.73. The number of carbonyl (C=O) groups excluding carboxylic acids is 1. The van der Waals surface area contributed by atoms with Crippen LogP contribution in [0.5, 0.6) is 0 Å². The van der Waals surface area contributed by atoms with Gasteiger partial charge in [-0.05, 0) is 6.42 Å². The van der Waals surface area contributed by atoms with E-state index in [1.54, 1.807) is 7.11 Å². The molecule has 0 radical (unpaired) electrons. The molecule has 5 heteroatoms. The van der Waals surface area contributed by atoms with Crippen molar-refractivity contribution in [2.24, 2.45) is 0 Å². The third kappa shape index (κ3) is 1.55. The van der Waals surface area contributed by atoms with Crippen LogP contribution in [0, 0.1) is 0 Å². The predicted molar refractivity (Wildman–Crippen MR) is 50.2 cm³/mol. The maximum absolute atomic E-state index is 11.0. The number of rotatable bonds is 3. The Balaban J connectivity index is 2.18. The summed E-state index contributed by atoms with van der Waals surface area (Å²) in [6, 6.07) is 0. The van der Waals surface area contributed by atoms with Crippen LogP contribution in [-0.4, -0.2) is 43.8 Å². The first-order chi connectivity index (χ1) is 7.13. The number of ether oxygens (including phenoxy) is 4. The Morgan fingerprint density at radius 1 is 1.60 bits per heavy atom. The molecule has 0 aromatic rings. The molecule has 0 amide bonds. The standard InChI is InChI=1S/C10H16O5/c1-4-10-5-13-7(9(12-3)15-10)8(10)14-6(2)11/h7-9H,4-5H2,1-3H3/t7-,8+,9-,10+/m1/s1. The molecule has 86 valence electrons. The van der Waals surface area contributed by atoms with E-state index in [0.717, 1.165) is 6.42 Å². The van der Waals surface area contributed by atoms with Crippen LogP contribution >= 0.6 is 0 Å². The van der Waals surface area contributed by atoms with Gasteiger partial charge in [0.05, 0.1) is 6.61 Å². The summed E-state index contributed by atoms with van der Waals surface area (Å²) >= 11 is 0. The minimum Gasteiger partial charge on any atom is -0.456 e. The fourth-order valence-corrected chi connectivity index (χ4v) is 2.25. The molecule has 0 unspecified atom stereocenters. The topological polar surface area (TPSA) is 54.0 Å². The molecule has 0 spiro atoms. The number of hydrogen-bond acceptors (Lipinski definition) is 5. The Morgan fingerprint density at radius 3 is 2.87 bits per heavy atom. The Morgan fingerprint density at radius 2 is 2.33 bits per heavy atom. The van der Waals surface area contributed by atoms with Gasteiger partial charge in [-0.15, -0.1) is 0 Å². The molecule has 0 saturated carbocycles. The quantitative estimate of drug-likeness (QED) is 0.642. The number of fused-ring (bicyclic) bond motifs is 2. The number of methoxy groups -OCH3 is 1. The van der Waals surface area contributed by atoms with Crippen LogP contribution in [0.4, 0.5) is 0 Å². The highest BCUT2D eigenvalue weighted by atomic mass is 16.8. The Kier molecular flexibility index (Phi) is 2.70. The Labute approximate surface area is 88.6 Å². The SMILES string of the molecule is CC[C@@]12CO[C@@H]([C@H](OC)O1)[C@@H]2OC(C)=O. The highest BCUT2D eigenvalue weighted by Crippen LogP contribution is 2.43. The van der Waals surface area contributed by atoms with E-state index >= 15 is 0 Å². The number of carbonyl (C=O) groups is 1. The Hall–Kier alpha value is -0.650. The fourth-order valence-electron chi connectivity index (χ4n) is 2.25. The molecule has 2 saturated heterocycles. The molecule has 0 aromatic heterocycles. The molecule has 2 aliphatic rings. The lowest BCUT2D eigenvalue weighted by molar-refractivity contribution is -0.235. The summed E-state index contributed by atoms with van der Waals surface area (Å²) in [5.41, 5.74) is -0.517. The molecule has 2 fully saturated rings. The first-order valence-electron chi connectivity index (χ1n) is 5.12. The monoisotopic (exact) mass is 216 g/mol. The van der Waals surface area contributed by atoms with Gasteiger partial charge in [0.2, 0.25) is 0 Å². The van der Waals surface area contributed by atoms with Crippen LogP contribution in [0.2, 0.25) is 0 Å². The molecule has 0 aromatic carbocycles. The number of esters is 1. The van der Waals surface area contributed by atoms with Crippen LogP contribution < -0.4 is 0 Å². The first-order valence-corrected chi connectivity index (χ1v) is 5.12. The number of hydrogen-bond donors (Lipinski definition) is 0. The molecule has 15 heavy (non-hydrogen) atoms. The van der Waals surface area contributed by atoms with Crippen molar-refractivity contribution in [2.75, 3.05) is 13.7 Å². The average Bonchev–Trinajstić information content (AvgIpc) is 2.70. The van der Waals surface area contributed by atoms with Crippen molar-refractivity contribution in [3.63, 3.8) is 0 Å². The largest absolute Gasteiger partial charge is 0.456 e.